The number of piperidine rings is 1. The lowest BCUT2D eigenvalue weighted by atomic mass is 9.79. The first-order chi connectivity index (χ1) is 25.5. The molecule has 6 rings (SSSR count). The van der Waals surface area contributed by atoms with E-state index in [0.29, 0.717) is 54.6 Å². The Morgan fingerprint density at radius 3 is 2.45 bits per heavy atom. The van der Waals surface area contributed by atoms with Crippen LogP contribution in [-0.2, 0) is 27.2 Å². The SMILES string of the molecule is CNC(=O)[C@H](CCCc1ccccc1)NC(=O)C1CN(C(=O)Cc2c[nH]c3cc(Cl)ccc23)CC2CN(C(=O)c3ccc(OC(C)C)c(OC)c3)CC21. The van der Waals surface area contributed by atoms with E-state index in [-0.39, 0.29) is 54.5 Å². The van der Waals surface area contributed by atoms with Gasteiger partial charge in [-0.15, -0.1) is 0 Å². The van der Waals surface area contributed by atoms with Gasteiger partial charge in [0.2, 0.25) is 17.7 Å². The summed E-state index contributed by atoms with van der Waals surface area (Å²) in [7, 11) is 3.10. The van der Waals surface area contributed by atoms with Crippen molar-refractivity contribution in [2.24, 2.45) is 17.8 Å². The molecule has 53 heavy (non-hydrogen) atoms. The molecule has 3 N–H and O–H groups in total. The van der Waals surface area contributed by atoms with Gasteiger partial charge in [-0.05, 0) is 86.4 Å². The Bertz CT molecular complexity index is 1950. The molecule has 0 saturated carbocycles. The molecule has 280 valence electrons. The number of ether oxygens (including phenoxy) is 2. The number of aromatic nitrogens is 1. The Balaban J connectivity index is 1.22. The molecular formula is C41H48ClN5O6. The van der Waals surface area contributed by atoms with Crippen LogP contribution in [0.2, 0.25) is 5.02 Å². The Morgan fingerprint density at radius 1 is 0.943 bits per heavy atom. The van der Waals surface area contributed by atoms with Crippen molar-refractivity contribution in [3.63, 3.8) is 0 Å². The number of nitrogens with one attached hydrogen (secondary N) is 3. The quantitative estimate of drug-likeness (QED) is 0.171. The largest absolute Gasteiger partial charge is 0.493 e. The lowest BCUT2D eigenvalue weighted by Gasteiger charge is -2.40. The molecule has 1 aromatic heterocycles. The van der Waals surface area contributed by atoms with Gasteiger partial charge in [-0.3, -0.25) is 19.2 Å². The van der Waals surface area contributed by atoms with Gasteiger partial charge < -0.3 is 34.9 Å². The highest BCUT2D eigenvalue weighted by atomic mass is 35.5. The Labute approximate surface area is 315 Å². The number of H-pyrrole nitrogens is 1. The summed E-state index contributed by atoms with van der Waals surface area (Å²) in [4.78, 5) is 62.0. The first-order valence-corrected chi connectivity index (χ1v) is 18.7. The maximum Gasteiger partial charge on any atom is 0.254 e. The molecule has 0 spiro atoms. The summed E-state index contributed by atoms with van der Waals surface area (Å²) >= 11 is 6.19. The van der Waals surface area contributed by atoms with E-state index in [1.165, 1.54) is 7.11 Å². The van der Waals surface area contributed by atoms with Gasteiger partial charge in [0, 0.05) is 60.9 Å². The van der Waals surface area contributed by atoms with E-state index in [4.69, 9.17) is 21.1 Å². The Hall–Kier alpha value is -5.03. The van der Waals surface area contributed by atoms with E-state index in [2.05, 4.69) is 15.6 Å². The first-order valence-electron chi connectivity index (χ1n) is 18.3. The summed E-state index contributed by atoms with van der Waals surface area (Å²) in [6.07, 6.45) is 3.82. The number of fused-ring (bicyclic) bond motifs is 2. The number of hydrogen-bond acceptors (Lipinski definition) is 6. The molecule has 0 aliphatic carbocycles. The zero-order valence-corrected chi connectivity index (χ0v) is 31.4. The predicted octanol–water partition coefficient (Wildman–Crippen LogP) is 5.26. The summed E-state index contributed by atoms with van der Waals surface area (Å²) < 4.78 is 11.4. The normalized spacial score (nSPS) is 18.8. The topological polar surface area (TPSA) is 133 Å². The number of amides is 4. The number of aromatic amines is 1. The van der Waals surface area contributed by atoms with Crippen molar-refractivity contribution >= 4 is 46.1 Å². The third-order valence-corrected chi connectivity index (χ3v) is 10.6. The van der Waals surface area contributed by atoms with Gasteiger partial charge in [-0.2, -0.15) is 0 Å². The van der Waals surface area contributed by atoms with Gasteiger partial charge in [-0.1, -0.05) is 48.0 Å². The molecule has 3 unspecified atom stereocenters. The van der Waals surface area contributed by atoms with Gasteiger partial charge in [0.15, 0.2) is 11.5 Å². The molecule has 4 aromatic rings. The minimum absolute atomic E-state index is 0.0674. The molecule has 2 aliphatic rings. The number of carbonyl (C=O) groups is 4. The summed E-state index contributed by atoms with van der Waals surface area (Å²) in [6.45, 7) is 5.16. The van der Waals surface area contributed by atoms with Crippen molar-refractivity contribution in [2.45, 2.75) is 51.7 Å². The molecule has 11 nitrogen and oxygen atoms in total. The summed E-state index contributed by atoms with van der Waals surface area (Å²) in [5, 5.41) is 7.25. The van der Waals surface area contributed by atoms with Crippen molar-refractivity contribution in [2.75, 3.05) is 40.3 Å². The second kappa shape index (κ2) is 16.8. The fourth-order valence-corrected chi connectivity index (χ4v) is 7.89. The van der Waals surface area contributed by atoms with Gasteiger partial charge in [0.25, 0.3) is 5.91 Å². The molecule has 0 bridgehead atoms. The molecular weight excluding hydrogens is 694 g/mol. The highest BCUT2D eigenvalue weighted by Crippen LogP contribution is 2.38. The Kier molecular flexibility index (Phi) is 11.9. The van der Waals surface area contributed by atoms with Crippen LogP contribution in [0, 0.1) is 17.8 Å². The summed E-state index contributed by atoms with van der Waals surface area (Å²) in [5.74, 6) is -0.836. The number of halogens is 1. The number of likely N-dealkylation sites (tertiary alicyclic amines) is 2. The maximum absolute atomic E-state index is 14.3. The Morgan fingerprint density at radius 2 is 1.72 bits per heavy atom. The van der Waals surface area contributed by atoms with Crippen molar-refractivity contribution in [1.82, 2.24) is 25.4 Å². The number of likely N-dealkylation sites (N-methyl/N-ethyl adjacent to an activating group) is 1. The van der Waals surface area contributed by atoms with Crippen LogP contribution >= 0.6 is 11.6 Å². The van der Waals surface area contributed by atoms with E-state index in [1.807, 2.05) is 62.5 Å². The van der Waals surface area contributed by atoms with Crippen LogP contribution in [0.5, 0.6) is 11.5 Å². The van der Waals surface area contributed by atoms with Crippen molar-refractivity contribution in [3.05, 3.63) is 94.6 Å². The minimum atomic E-state index is -0.739. The second-order valence-electron chi connectivity index (χ2n) is 14.3. The maximum atomic E-state index is 14.3. The monoisotopic (exact) mass is 741 g/mol. The van der Waals surface area contributed by atoms with Gasteiger partial charge in [0.1, 0.15) is 6.04 Å². The van der Waals surface area contributed by atoms with Crippen LogP contribution in [0.3, 0.4) is 0 Å². The first kappa shape index (κ1) is 37.7. The molecule has 3 heterocycles. The van der Waals surface area contributed by atoms with Gasteiger partial charge >= 0.3 is 0 Å². The standard InChI is InChI=1S/C41H48ClN5O6/c1-25(2)53-36-16-13-27(17-37(36)52-4)41(51)47-22-29-21-46(38(48)18-28-20-44-35-19-30(42)14-15-31(28)35)24-33(32(29)23-47)39(49)45-34(40(50)43-3)12-8-11-26-9-6-5-7-10-26/h5-7,9-10,13-17,19-20,25,29,32-34,44H,8,11-12,18,21-24H2,1-4H3,(H,43,50)(H,45,49)/t29?,32?,33?,34-/m0/s1. The highest BCUT2D eigenvalue weighted by Gasteiger charge is 2.48. The second-order valence-corrected chi connectivity index (χ2v) is 14.7. The third-order valence-electron chi connectivity index (χ3n) is 10.4. The van der Waals surface area contributed by atoms with Crippen molar-refractivity contribution < 1.29 is 28.7 Å². The van der Waals surface area contributed by atoms with Crippen LogP contribution in [-0.4, -0.2) is 90.9 Å². The zero-order valence-electron chi connectivity index (χ0n) is 30.7. The average Bonchev–Trinajstić information content (AvgIpc) is 3.77. The van der Waals surface area contributed by atoms with Crippen LogP contribution in [0.4, 0.5) is 0 Å². The molecule has 4 amide bonds. The molecule has 2 aliphatic heterocycles. The summed E-state index contributed by atoms with van der Waals surface area (Å²) in [5.41, 5.74) is 3.29. The number of carbonyl (C=O) groups excluding carboxylic acids is 4. The number of rotatable bonds is 13. The number of aryl methyl sites for hydroxylation is 1. The number of methoxy groups -OCH3 is 1. The molecule has 2 saturated heterocycles. The highest BCUT2D eigenvalue weighted by molar-refractivity contribution is 6.31. The van der Waals surface area contributed by atoms with E-state index in [1.54, 1.807) is 41.1 Å². The molecule has 3 aromatic carbocycles. The number of benzene rings is 3. The lowest BCUT2D eigenvalue weighted by molar-refractivity contribution is -0.140. The molecule has 12 heteroatoms. The van der Waals surface area contributed by atoms with Crippen LogP contribution < -0.4 is 20.1 Å². The fraction of sp³-hybridized carbons (Fsp3) is 0.415. The lowest BCUT2D eigenvalue weighted by Crippen LogP contribution is -2.56. The van der Waals surface area contributed by atoms with Crippen molar-refractivity contribution in [3.8, 4) is 11.5 Å². The van der Waals surface area contributed by atoms with E-state index < -0.39 is 12.0 Å². The fourth-order valence-electron chi connectivity index (χ4n) is 7.71. The smallest absolute Gasteiger partial charge is 0.254 e. The zero-order chi connectivity index (χ0) is 37.6. The average molecular weight is 742 g/mol. The number of nitrogens with zero attached hydrogens (tertiary/aromatic N) is 2. The van der Waals surface area contributed by atoms with Crippen molar-refractivity contribution in [1.29, 1.82) is 0 Å². The van der Waals surface area contributed by atoms with E-state index >= 15 is 0 Å². The number of hydrogen-bond donors (Lipinski definition) is 3. The third kappa shape index (κ3) is 8.79. The van der Waals surface area contributed by atoms with Crippen LogP contribution in [0.15, 0.2) is 72.9 Å². The molecule has 0 radical (unpaired) electrons. The van der Waals surface area contributed by atoms with E-state index in [9.17, 15) is 19.2 Å². The van der Waals surface area contributed by atoms with Crippen LogP contribution in [0.25, 0.3) is 10.9 Å². The molecule has 4 atom stereocenters. The van der Waals surface area contributed by atoms with E-state index in [0.717, 1.165) is 28.5 Å². The van der Waals surface area contributed by atoms with Gasteiger partial charge in [-0.25, -0.2) is 0 Å². The van der Waals surface area contributed by atoms with Gasteiger partial charge in [0.05, 0.1) is 25.6 Å². The minimum Gasteiger partial charge on any atom is -0.493 e. The molecule has 2 fully saturated rings. The predicted molar refractivity (Wildman–Crippen MR) is 204 cm³/mol. The summed E-state index contributed by atoms with van der Waals surface area (Å²) in [6, 6.07) is 19.9. The van der Waals surface area contributed by atoms with Crippen LogP contribution in [0.1, 0.15) is 48.2 Å².